The topological polar surface area (TPSA) is 15.6 Å². The van der Waals surface area contributed by atoms with Crippen LogP contribution in [0.4, 0.5) is 0 Å². The number of aliphatic imine (C=N–C) groups is 1. The van der Waals surface area contributed by atoms with E-state index >= 15 is 0 Å². The fourth-order valence-electron chi connectivity index (χ4n) is 1.15. The first-order valence-electron chi connectivity index (χ1n) is 3.45. The van der Waals surface area contributed by atoms with Gasteiger partial charge in [0.05, 0.1) is 5.54 Å². The van der Waals surface area contributed by atoms with Crippen LogP contribution in [-0.4, -0.2) is 23.3 Å². The summed E-state index contributed by atoms with van der Waals surface area (Å²) in [4.78, 5) is 6.45. The summed E-state index contributed by atoms with van der Waals surface area (Å²) in [5.41, 5.74) is 0.990. The summed E-state index contributed by atoms with van der Waals surface area (Å²) >= 11 is 0. The van der Waals surface area contributed by atoms with Gasteiger partial charge in [-0.05, 0) is 20.8 Å². The average Bonchev–Trinajstić information content (AvgIpc) is 1.95. The Hall–Kier alpha value is -0.790. The van der Waals surface area contributed by atoms with Gasteiger partial charge < -0.3 is 4.90 Å². The largest absolute Gasteiger partial charge is 0.335 e. The lowest BCUT2D eigenvalue weighted by Crippen LogP contribution is -2.24. The Morgan fingerprint density at radius 1 is 1.50 bits per heavy atom. The second-order valence-electron chi connectivity index (χ2n) is 3.22. The third-order valence-corrected chi connectivity index (χ3v) is 2.04. The number of hydrogen-bond donors (Lipinski definition) is 0. The van der Waals surface area contributed by atoms with E-state index in [4.69, 9.17) is 0 Å². The Morgan fingerprint density at radius 2 is 2.00 bits per heavy atom. The molecule has 0 unspecified atom stereocenters. The van der Waals surface area contributed by atoms with Gasteiger partial charge in [0.2, 0.25) is 0 Å². The van der Waals surface area contributed by atoms with Gasteiger partial charge in [0, 0.05) is 12.7 Å². The van der Waals surface area contributed by atoms with Crippen molar-refractivity contribution in [3.8, 4) is 0 Å². The van der Waals surface area contributed by atoms with Crippen LogP contribution in [0.25, 0.3) is 0 Å². The van der Waals surface area contributed by atoms with E-state index in [1.165, 1.54) is 0 Å². The van der Waals surface area contributed by atoms with Crippen LogP contribution in [0.3, 0.4) is 0 Å². The van der Waals surface area contributed by atoms with Gasteiger partial charge in [0.1, 0.15) is 5.84 Å². The summed E-state index contributed by atoms with van der Waals surface area (Å²) in [7, 11) is 2.00. The minimum Gasteiger partial charge on any atom is -0.335 e. The summed E-state index contributed by atoms with van der Waals surface area (Å²) in [6.07, 6.45) is 0. The molecule has 1 rings (SSSR count). The first kappa shape index (κ1) is 7.32. The Balaban J connectivity index is 2.98. The van der Waals surface area contributed by atoms with Crippen LogP contribution in [0.15, 0.2) is 17.3 Å². The van der Waals surface area contributed by atoms with Crippen molar-refractivity contribution in [3.05, 3.63) is 12.3 Å². The first-order chi connectivity index (χ1) is 4.45. The highest BCUT2D eigenvalue weighted by atomic mass is 15.3. The van der Waals surface area contributed by atoms with Gasteiger partial charge in [-0.1, -0.05) is 6.58 Å². The molecule has 0 aromatic rings. The van der Waals surface area contributed by atoms with Crippen molar-refractivity contribution in [2.45, 2.75) is 26.3 Å². The Morgan fingerprint density at radius 3 is 2.10 bits per heavy atom. The molecule has 1 heterocycles. The minimum atomic E-state index is -0.0845. The second kappa shape index (κ2) is 1.84. The molecule has 2 nitrogen and oxygen atoms in total. The first-order valence-corrected chi connectivity index (χ1v) is 3.45. The molecular weight excluding hydrogens is 124 g/mol. The van der Waals surface area contributed by atoms with Crippen molar-refractivity contribution in [2.24, 2.45) is 4.99 Å². The van der Waals surface area contributed by atoms with Gasteiger partial charge in [-0.2, -0.15) is 0 Å². The molecule has 0 spiro atoms. The highest BCUT2D eigenvalue weighted by Crippen LogP contribution is 2.28. The van der Waals surface area contributed by atoms with Gasteiger partial charge in [-0.15, -0.1) is 0 Å². The summed E-state index contributed by atoms with van der Waals surface area (Å²) in [5, 5.41) is 0. The molecule has 10 heavy (non-hydrogen) atoms. The molecule has 0 radical (unpaired) electrons. The molecule has 0 atom stereocenters. The Bertz CT molecular complexity index is 201. The van der Waals surface area contributed by atoms with Crippen molar-refractivity contribution >= 4 is 5.84 Å². The van der Waals surface area contributed by atoms with Crippen molar-refractivity contribution in [2.75, 3.05) is 7.05 Å². The third-order valence-electron chi connectivity index (χ3n) is 2.04. The van der Waals surface area contributed by atoms with Crippen LogP contribution in [0.5, 0.6) is 0 Å². The Kier molecular flexibility index (Phi) is 1.35. The third kappa shape index (κ3) is 0.838. The lowest BCUT2D eigenvalue weighted by molar-refractivity contribution is 0.529. The van der Waals surface area contributed by atoms with Gasteiger partial charge in [-0.3, -0.25) is 4.99 Å². The number of likely N-dealkylation sites (N-methyl/N-ethyl adjacent to an activating group) is 1. The normalized spacial score (nSPS) is 23.4. The van der Waals surface area contributed by atoms with E-state index in [1.807, 2.05) is 18.9 Å². The van der Waals surface area contributed by atoms with E-state index < -0.39 is 0 Å². The highest BCUT2D eigenvalue weighted by molar-refractivity contribution is 5.84. The molecule has 0 bridgehead atoms. The molecular formula is C8H14N2. The quantitative estimate of drug-likeness (QED) is 0.497. The maximum Gasteiger partial charge on any atom is 0.101 e. The van der Waals surface area contributed by atoms with Crippen LogP contribution in [0.1, 0.15) is 20.8 Å². The standard InChI is InChI=1S/C8H14N2/c1-6-8(3,4)9-7(2)10(6)5/h1H2,2-5H3. The van der Waals surface area contributed by atoms with Gasteiger partial charge in [0.25, 0.3) is 0 Å². The zero-order valence-corrected chi connectivity index (χ0v) is 7.10. The number of nitrogens with zero attached hydrogens (tertiary/aromatic N) is 2. The number of hydrogen-bond acceptors (Lipinski definition) is 2. The van der Waals surface area contributed by atoms with Crippen molar-refractivity contribution in [3.63, 3.8) is 0 Å². The maximum atomic E-state index is 4.43. The smallest absolute Gasteiger partial charge is 0.101 e. The van der Waals surface area contributed by atoms with E-state index in [0.717, 1.165) is 11.5 Å². The molecule has 0 N–H and O–H groups in total. The number of rotatable bonds is 0. The zero-order chi connectivity index (χ0) is 7.94. The van der Waals surface area contributed by atoms with Gasteiger partial charge in [-0.25, -0.2) is 0 Å². The average molecular weight is 138 g/mol. The molecule has 0 fully saturated rings. The van der Waals surface area contributed by atoms with Crippen LogP contribution in [0, 0.1) is 0 Å². The predicted octanol–water partition coefficient (Wildman–Crippen LogP) is 1.64. The fourth-order valence-corrected chi connectivity index (χ4v) is 1.15. The van der Waals surface area contributed by atoms with E-state index in [9.17, 15) is 0 Å². The van der Waals surface area contributed by atoms with Crippen molar-refractivity contribution < 1.29 is 0 Å². The lowest BCUT2D eigenvalue weighted by atomic mass is 10.0. The molecule has 56 valence electrons. The van der Waals surface area contributed by atoms with E-state index in [0.29, 0.717) is 0 Å². The molecule has 0 aliphatic carbocycles. The van der Waals surface area contributed by atoms with E-state index in [2.05, 4.69) is 25.4 Å². The van der Waals surface area contributed by atoms with Crippen LogP contribution in [-0.2, 0) is 0 Å². The van der Waals surface area contributed by atoms with Gasteiger partial charge in [0.15, 0.2) is 0 Å². The summed E-state index contributed by atoms with van der Waals surface area (Å²) < 4.78 is 0. The van der Waals surface area contributed by atoms with Crippen LogP contribution < -0.4 is 0 Å². The lowest BCUT2D eigenvalue weighted by Gasteiger charge is -2.19. The molecule has 0 amide bonds. The molecule has 0 aromatic heterocycles. The molecule has 1 aliphatic rings. The fraction of sp³-hybridized carbons (Fsp3) is 0.625. The summed E-state index contributed by atoms with van der Waals surface area (Å²) in [6, 6.07) is 0. The van der Waals surface area contributed by atoms with Crippen molar-refractivity contribution in [1.82, 2.24) is 4.90 Å². The van der Waals surface area contributed by atoms with Crippen LogP contribution in [0.2, 0.25) is 0 Å². The zero-order valence-electron chi connectivity index (χ0n) is 7.10. The van der Waals surface area contributed by atoms with E-state index in [1.54, 1.807) is 0 Å². The van der Waals surface area contributed by atoms with E-state index in [-0.39, 0.29) is 5.54 Å². The summed E-state index contributed by atoms with van der Waals surface area (Å²) in [6.45, 7) is 10.1. The van der Waals surface area contributed by atoms with Crippen LogP contribution >= 0.6 is 0 Å². The summed E-state index contributed by atoms with van der Waals surface area (Å²) in [5.74, 6) is 1.05. The van der Waals surface area contributed by atoms with Crippen molar-refractivity contribution in [1.29, 1.82) is 0 Å². The highest BCUT2D eigenvalue weighted by Gasteiger charge is 2.30. The molecule has 0 saturated carbocycles. The monoisotopic (exact) mass is 138 g/mol. The van der Waals surface area contributed by atoms with Gasteiger partial charge >= 0.3 is 0 Å². The SMILES string of the molecule is C=C1N(C)C(C)=NC1(C)C. The predicted molar refractivity (Wildman–Crippen MR) is 44.1 cm³/mol. The molecule has 0 aromatic carbocycles. The minimum absolute atomic E-state index is 0.0845. The maximum absolute atomic E-state index is 4.43. The molecule has 1 aliphatic heterocycles. The Labute approximate surface area is 62.3 Å². The second-order valence-corrected chi connectivity index (χ2v) is 3.22. The molecule has 2 heteroatoms. The molecule has 0 saturated heterocycles. The number of amidine groups is 1.